The molecule has 0 saturated heterocycles. The molecule has 23 heavy (non-hydrogen) atoms. The molecule has 0 unspecified atom stereocenters. The second-order valence-electron chi connectivity index (χ2n) is 8.27. The summed E-state index contributed by atoms with van der Waals surface area (Å²) in [6.07, 6.45) is 4.31. The maximum absolute atomic E-state index is 14.6. The predicted molar refractivity (Wildman–Crippen MR) is 89.2 cm³/mol. The number of carbonyl (C=O) groups is 1. The van der Waals surface area contributed by atoms with Crippen molar-refractivity contribution in [3.8, 4) is 0 Å². The van der Waals surface area contributed by atoms with Gasteiger partial charge in [0, 0.05) is 0 Å². The highest BCUT2D eigenvalue weighted by Gasteiger charge is 2.55. The summed E-state index contributed by atoms with van der Waals surface area (Å²) in [5.41, 5.74) is 2.14. The van der Waals surface area contributed by atoms with Crippen molar-refractivity contribution in [3.05, 3.63) is 34.6 Å². The highest BCUT2D eigenvalue weighted by atomic mass is 19.1. The van der Waals surface area contributed by atoms with Crippen LogP contribution in [-0.4, -0.2) is 11.1 Å². The van der Waals surface area contributed by atoms with Gasteiger partial charge in [0.15, 0.2) is 0 Å². The normalized spacial score (nSPS) is 33.2. The van der Waals surface area contributed by atoms with Crippen LogP contribution >= 0.6 is 0 Å². The van der Waals surface area contributed by atoms with Gasteiger partial charge in [0.05, 0.1) is 5.41 Å². The van der Waals surface area contributed by atoms with Crippen molar-refractivity contribution in [2.75, 3.05) is 0 Å². The van der Waals surface area contributed by atoms with Crippen molar-refractivity contribution >= 4 is 5.97 Å². The predicted octanol–water partition coefficient (Wildman–Crippen LogP) is 5.04. The van der Waals surface area contributed by atoms with Crippen molar-refractivity contribution in [2.45, 2.75) is 71.1 Å². The maximum Gasteiger partial charge on any atom is 0.309 e. The number of hydrogen-bond acceptors (Lipinski definition) is 1. The first kappa shape index (κ1) is 16.5. The van der Waals surface area contributed by atoms with Crippen molar-refractivity contribution in [1.29, 1.82) is 0 Å². The number of carboxylic acid groups (broad SMARTS) is 1. The lowest BCUT2D eigenvalue weighted by Gasteiger charge is -2.53. The first-order chi connectivity index (χ1) is 10.7. The molecule has 0 radical (unpaired) electrons. The van der Waals surface area contributed by atoms with Gasteiger partial charge in [-0.15, -0.1) is 0 Å². The molecule has 2 nitrogen and oxygen atoms in total. The lowest BCUT2D eigenvalue weighted by Crippen LogP contribution is -2.52. The highest BCUT2D eigenvalue weighted by molar-refractivity contribution is 5.75. The minimum absolute atomic E-state index is 0.0815. The Labute approximate surface area is 138 Å². The molecule has 1 saturated carbocycles. The summed E-state index contributed by atoms with van der Waals surface area (Å²) in [4.78, 5) is 11.9. The van der Waals surface area contributed by atoms with Gasteiger partial charge in [-0.2, -0.15) is 0 Å². The van der Waals surface area contributed by atoms with E-state index in [0.717, 1.165) is 43.2 Å². The number of hydrogen-bond donors (Lipinski definition) is 1. The van der Waals surface area contributed by atoms with Crippen LogP contribution in [-0.2, 0) is 16.6 Å². The zero-order valence-corrected chi connectivity index (χ0v) is 14.6. The van der Waals surface area contributed by atoms with Gasteiger partial charge in [-0.25, -0.2) is 4.39 Å². The Hall–Kier alpha value is -1.38. The van der Waals surface area contributed by atoms with Gasteiger partial charge in [0.25, 0.3) is 0 Å². The van der Waals surface area contributed by atoms with Gasteiger partial charge in [-0.3, -0.25) is 4.79 Å². The fraction of sp³-hybridized carbons (Fsp3) is 0.650. The Kier molecular flexibility index (Phi) is 3.81. The van der Waals surface area contributed by atoms with Crippen LogP contribution in [0, 0.1) is 17.2 Å². The third kappa shape index (κ3) is 2.31. The topological polar surface area (TPSA) is 37.3 Å². The minimum Gasteiger partial charge on any atom is -0.481 e. The maximum atomic E-state index is 14.6. The fourth-order valence-corrected chi connectivity index (χ4v) is 5.21. The third-order valence-corrected chi connectivity index (χ3v) is 6.58. The standard InChI is InChI=1S/C20H27FO2/c1-12(2)14-10-13-6-7-17-19(3,15(13)11-16(14)21)8-5-9-20(17,4)18(22)23/h10-12,17H,5-9H2,1-4H3,(H,22,23)/t17-,19-,20-/m1/s1. The molecule has 1 fully saturated rings. The molecule has 0 amide bonds. The molecule has 0 spiro atoms. The van der Waals surface area contributed by atoms with Crippen LogP contribution in [0.1, 0.15) is 76.0 Å². The van der Waals surface area contributed by atoms with Crippen LogP contribution in [0.2, 0.25) is 0 Å². The number of aliphatic carboxylic acids is 1. The van der Waals surface area contributed by atoms with Gasteiger partial charge in [-0.1, -0.05) is 33.3 Å². The molecule has 1 N–H and O–H groups in total. The van der Waals surface area contributed by atoms with Crippen LogP contribution in [0.3, 0.4) is 0 Å². The van der Waals surface area contributed by atoms with Crippen LogP contribution in [0.5, 0.6) is 0 Å². The summed E-state index contributed by atoms with van der Waals surface area (Å²) in [6, 6.07) is 3.74. The van der Waals surface area contributed by atoms with Crippen LogP contribution < -0.4 is 0 Å². The van der Waals surface area contributed by atoms with E-state index < -0.39 is 11.4 Å². The Morgan fingerprint density at radius 1 is 1.30 bits per heavy atom. The van der Waals surface area contributed by atoms with E-state index in [1.54, 1.807) is 6.07 Å². The highest BCUT2D eigenvalue weighted by Crippen LogP contribution is 2.57. The van der Waals surface area contributed by atoms with Gasteiger partial charge in [0.1, 0.15) is 5.82 Å². The van der Waals surface area contributed by atoms with E-state index in [-0.39, 0.29) is 23.1 Å². The molecule has 3 heteroatoms. The van der Waals surface area contributed by atoms with Gasteiger partial charge >= 0.3 is 5.97 Å². The number of aryl methyl sites for hydroxylation is 1. The Bertz CT molecular complexity index is 651. The largest absolute Gasteiger partial charge is 0.481 e. The van der Waals surface area contributed by atoms with E-state index in [0.29, 0.717) is 0 Å². The number of halogens is 1. The Morgan fingerprint density at radius 2 is 2.00 bits per heavy atom. The van der Waals surface area contributed by atoms with E-state index in [9.17, 15) is 14.3 Å². The molecule has 0 aromatic heterocycles. The summed E-state index contributed by atoms with van der Waals surface area (Å²) in [5.74, 6) is -0.584. The van der Waals surface area contributed by atoms with Gasteiger partial charge in [0.2, 0.25) is 0 Å². The lowest BCUT2D eigenvalue weighted by atomic mass is 9.49. The van der Waals surface area contributed by atoms with Crippen molar-refractivity contribution in [3.63, 3.8) is 0 Å². The van der Waals surface area contributed by atoms with Crippen LogP contribution in [0.4, 0.5) is 4.39 Å². The summed E-state index contributed by atoms with van der Waals surface area (Å²) in [5, 5.41) is 9.80. The quantitative estimate of drug-likeness (QED) is 0.829. The molecule has 1 aromatic rings. The van der Waals surface area contributed by atoms with Crippen molar-refractivity contribution in [1.82, 2.24) is 0 Å². The first-order valence-electron chi connectivity index (χ1n) is 8.76. The minimum atomic E-state index is -0.698. The Morgan fingerprint density at radius 3 is 2.61 bits per heavy atom. The van der Waals surface area contributed by atoms with Gasteiger partial charge < -0.3 is 5.11 Å². The summed E-state index contributed by atoms with van der Waals surface area (Å²) in [7, 11) is 0. The second-order valence-corrected chi connectivity index (χ2v) is 8.27. The molecule has 1 aromatic carbocycles. The number of benzene rings is 1. The smallest absolute Gasteiger partial charge is 0.309 e. The van der Waals surface area contributed by atoms with E-state index in [1.165, 1.54) is 5.56 Å². The van der Waals surface area contributed by atoms with Gasteiger partial charge in [-0.05, 0) is 72.6 Å². The second kappa shape index (κ2) is 5.32. The third-order valence-electron chi connectivity index (χ3n) is 6.58. The number of rotatable bonds is 2. The molecule has 0 aliphatic heterocycles. The van der Waals surface area contributed by atoms with Crippen LogP contribution in [0.25, 0.3) is 0 Å². The monoisotopic (exact) mass is 318 g/mol. The molecule has 2 aliphatic rings. The zero-order chi connectivity index (χ0) is 17.0. The summed E-state index contributed by atoms with van der Waals surface area (Å²) >= 11 is 0. The molecule has 2 aliphatic carbocycles. The average Bonchev–Trinajstić information content (AvgIpc) is 2.46. The molecule has 126 valence electrons. The molecule has 0 bridgehead atoms. The molecular formula is C20H27FO2. The number of carboxylic acids is 1. The van der Waals surface area contributed by atoms with Crippen molar-refractivity contribution < 1.29 is 14.3 Å². The number of fused-ring (bicyclic) bond motifs is 3. The average molecular weight is 318 g/mol. The van der Waals surface area contributed by atoms with Crippen molar-refractivity contribution in [2.24, 2.45) is 11.3 Å². The van der Waals surface area contributed by atoms with E-state index in [4.69, 9.17) is 0 Å². The molecule has 3 atom stereocenters. The Balaban J connectivity index is 2.13. The summed E-state index contributed by atoms with van der Waals surface area (Å²) in [6.45, 7) is 8.08. The lowest BCUT2D eigenvalue weighted by molar-refractivity contribution is -0.157. The first-order valence-corrected chi connectivity index (χ1v) is 8.76. The van der Waals surface area contributed by atoms with E-state index in [1.807, 2.05) is 26.8 Å². The fourth-order valence-electron chi connectivity index (χ4n) is 5.21. The molecule has 0 heterocycles. The van der Waals surface area contributed by atoms with Crippen LogP contribution in [0.15, 0.2) is 12.1 Å². The zero-order valence-electron chi connectivity index (χ0n) is 14.6. The molecule has 3 rings (SSSR count). The SMILES string of the molecule is CC(C)c1cc2c(cc1F)[C@@]1(C)CCC[C@@](C)(C(=O)O)[C@@H]1CC2. The summed E-state index contributed by atoms with van der Waals surface area (Å²) < 4.78 is 14.6. The van der Waals surface area contributed by atoms with E-state index >= 15 is 0 Å². The molecular weight excluding hydrogens is 291 g/mol. The van der Waals surface area contributed by atoms with E-state index in [2.05, 4.69) is 6.92 Å².